The molecule has 1 amide bonds. The van der Waals surface area contributed by atoms with E-state index in [1.165, 1.54) is 31.9 Å². The van der Waals surface area contributed by atoms with E-state index in [0.29, 0.717) is 43.2 Å². The van der Waals surface area contributed by atoms with Crippen LogP contribution in [0.25, 0.3) is 22.8 Å². The molecule has 8 nitrogen and oxygen atoms in total. The molecular formula is C35H40N4O4. The summed E-state index contributed by atoms with van der Waals surface area (Å²) in [5.41, 5.74) is 4.02. The lowest BCUT2D eigenvalue weighted by Gasteiger charge is -2.35. The first kappa shape index (κ1) is 28.8. The third kappa shape index (κ3) is 6.53. The smallest absolute Gasteiger partial charge is 0.226 e. The fourth-order valence-corrected chi connectivity index (χ4v) is 5.98. The van der Waals surface area contributed by atoms with Gasteiger partial charge in [-0.3, -0.25) is 4.79 Å². The van der Waals surface area contributed by atoms with Crippen molar-refractivity contribution < 1.29 is 19.4 Å². The molecule has 2 aliphatic rings. The average molecular weight is 581 g/mol. The maximum atomic E-state index is 13.2. The summed E-state index contributed by atoms with van der Waals surface area (Å²) in [5.74, 6) is 3.08. The molecule has 1 heterocycles. The summed E-state index contributed by atoms with van der Waals surface area (Å²) in [6.07, 6.45) is 7.92. The summed E-state index contributed by atoms with van der Waals surface area (Å²) in [7, 11) is 1.52. The summed E-state index contributed by atoms with van der Waals surface area (Å²) in [6, 6.07) is 21.8. The Morgan fingerprint density at radius 3 is 2.35 bits per heavy atom. The number of carbonyl (C=O) groups is 1. The fraction of sp³-hybridized carbons (Fsp3) is 0.400. The molecule has 4 aromatic rings. The van der Waals surface area contributed by atoms with E-state index in [1.807, 2.05) is 28.9 Å². The molecule has 1 aromatic heterocycles. The van der Waals surface area contributed by atoms with E-state index in [0.717, 1.165) is 53.9 Å². The predicted octanol–water partition coefficient (Wildman–Crippen LogP) is 6.79. The Hall–Kier alpha value is -4.33. The van der Waals surface area contributed by atoms with Crippen molar-refractivity contribution in [3.8, 4) is 40.0 Å². The number of hydrogen-bond donors (Lipinski definition) is 1. The Labute approximate surface area is 253 Å². The van der Waals surface area contributed by atoms with Crippen LogP contribution in [0.5, 0.6) is 17.2 Å². The second-order valence-corrected chi connectivity index (χ2v) is 11.8. The maximum absolute atomic E-state index is 13.2. The molecule has 0 saturated heterocycles. The van der Waals surface area contributed by atoms with Gasteiger partial charge in [0.15, 0.2) is 23.1 Å². The minimum atomic E-state index is 0.0695. The quantitative estimate of drug-likeness (QED) is 0.210. The van der Waals surface area contributed by atoms with Crippen LogP contribution in [0.1, 0.15) is 56.1 Å². The number of aryl methyl sites for hydroxylation is 1. The standard InChI is InChI=1S/C35H40N4O4/c1-24-10-14-26(15-11-24)34-36-33(28-16-19-31(40)32(22-28)42-2)37-39(34)20-21-43-30-17-12-25(13-18-30)23-38(29-8-3-4-9-29)35(41)27-6-5-7-27/h10-19,22,27,29,40H,3-9,20-21,23H2,1-2H3. The van der Waals surface area contributed by atoms with Crippen molar-refractivity contribution in [2.24, 2.45) is 5.92 Å². The first-order valence-electron chi connectivity index (χ1n) is 15.4. The molecule has 2 fully saturated rings. The number of benzene rings is 3. The monoisotopic (exact) mass is 580 g/mol. The van der Waals surface area contributed by atoms with Crippen molar-refractivity contribution >= 4 is 5.91 Å². The molecule has 1 N–H and O–H groups in total. The van der Waals surface area contributed by atoms with Gasteiger partial charge in [-0.1, -0.05) is 61.2 Å². The number of phenols is 1. The number of carbonyl (C=O) groups excluding carboxylic acids is 1. The number of phenolic OH excluding ortho intramolecular Hbond substituents is 1. The number of methoxy groups -OCH3 is 1. The van der Waals surface area contributed by atoms with Crippen LogP contribution in [-0.2, 0) is 17.9 Å². The van der Waals surface area contributed by atoms with Gasteiger partial charge >= 0.3 is 0 Å². The van der Waals surface area contributed by atoms with Gasteiger partial charge in [0.25, 0.3) is 0 Å². The van der Waals surface area contributed by atoms with Gasteiger partial charge in [0, 0.05) is 29.6 Å². The number of nitrogens with zero attached hydrogens (tertiary/aromatic N) is 4. The third-order valence-corrected chi connectivity index (χ3v) is 8.77. The van der Waals surface area contributed by atoms with Crippen molar-refractivity contribution in [2.45, 2.75) is 71.0 Å². The number of rotatable bonds is 11. The molecule has 0 aliphatic heterocycles. The van der Waals surface area contributed by atoms with Gasteiger partial charge in [0.05, 0.1) is 13.7 Å². The molecular weight excluding hydrogens is 540 g/mol. The molecule has 8 heteroatoms. The van der Waals surface area contributed by atoms with E-state index >= 15 is 0 Å². The van der Waals surface area contributed by atoms with Crippen LogP contribution in [0.2, 0.25) is 0 Å². The lowest BCUT2D eigenvalue weighted by molar-refractivity contribution is -0.141. The molecule has 0 bridgehead atoms. The van der Waals surface area contributed by atoms with Crippen LogP contribution >= 0.6 is 0 Å². The Kier molecular flexibility index (Phi) is 8.63. The molecule has 3 aromatic carbocycles. The minimum Gasteiger partial charge on any atom is -0.504 e. The maximum Gasteiger partial charge on any atom is 0.226 e. The fourth-order valence-electron chi connectivity index (χ4n) is 5.98. The van der Waals surface area contributed by atoms with Gasteiger partial charge in [0.1, 0.15) is 12.4 Å². The predicted molar refractivity (Wildman–Crippen MR) is 166 cm³/mol. The van der Waals surface area contributed by atoms with Gasteiger partial charge in [-0.25, -0.2) is 9.67 Å². The van der Waals surface area contributed by atoms with Crippen LogP contribution < -0.4 is 9.47 Å². The number of ether oxygens (including phenoxy) is 2. The molecule has 224 valence electrons. The molecule has 43 heavy (non-hydrogen) atoms. The van der Waals surface area contributed by atoms with Gasteiger partial charge in [-0.2, -0.15) is 5.10 Å². The highest BCUT2D eigenvalue weighted by Gasteiger charge is 2.34. The third-order valence-electron chi connectivity index (χ3n) is 8.77. The van der Waals surface area contributed by atoms with E-state index in [1.54, 1.807) is 18.2 Å². The van der Waals surface area contributed by atoms with E-state index in [-0.39, 0.29) is 11.7 Å². The Balaban J connectivity index is 1.14. The van der Waals surface area contributed by atoms with Crippen molar-refractivity contribution in [1.82, 2.24) is 19.7 Å². The second kappa shape index (κ2) is 12.9. The second-order valence-electron chi connectivity index (χ2n) is 11.8. The van der Waals surface area contributed by atoms with Crippen LogP contribution in [0.3, 0.4) is 0 Å². The molecule has 6 rings (SSSR count). The number of aromatic nitrogens is 3. The molecule has 0 spiro atoms. The van der Waals surface area contributed by atoms with Gasteiger partial charge in [-0.05, 0) is 68.5 Å². The van der Waals surface area contributed by atoms with Crippen molar-refractivity contribution in [1.29, 1.82) is 0 Å². The van der Waals surface area contributed by atoms with Crippen LogP contribution in [-0.4, -0.2) is 50.4 Å². The van der Waals surface area contributed by atoms with Gasteiger partial charge in [0.2, 0.25) is 5.91 Å². The summed E-state index contributed by atoms with van der Waals surface area (Å²) in [4.78, 5) is 20.2. The van der Waals surface area contributed by atoms with E-state index < -0.39 is 0 Å². The lowest BCUT2D eigenvalue weighted by Crippen LogP contribution is -2.43. The number of amides is 1. The molecule has 0 unspecified atom stereocenters. The highest BCUT2D eigenvalue weighted by molar-refractivity contribution is 5.80. The van der Waals surface area contributed by atoms with Crippen molar-refractivity contribution in [3.05, 3.63) is 77.9 Å². The zero-order valence-electron chi connectivity index (χ0n) is 25.0. The first-order chi connectivity index (χ1) is 21.0. The lowest BCUT2D eigenvalue weighted by atomic mass is 9.84. The van der Waals surface area contributed by atoms with Crippen LogP contribution in [0.4, 0.5) is 0 Å². The first-order valence-corrected chi connectivity index (χ1v) is 15.4. The summed E-state index contributed by atoms with van der Waals surface area (Å²) in [5, 5.41) is 14.8. The Morgan fingerprint density at radius 2 is 1.67 bits per heavy atom. The van der Waals surface area contributed by atoms with E-state index in [4.69, 9.17) is 19.6 Å². The topological polar surface area (TPSA) is 89.7 Å². The van der Waals surface area contributed by atoms with E-state index in [9.17, 15) is 9.90 Å². The molecule has 0 radical (unpaired) electrons. The highest BCUT2D eigenvalue weighted by atomic mass is 16.5. The Bertz CT molecular complexity index is 1540. The highest BCUT2D eigenvalue weighted by Crippen LogP contribution is 2.34. The average Bonchev–Trinajstić information content (AvgIpc) is 3.67. The SMILES string of the molecule is COc1cc(-c2nc(-c3ccc(C)cc3)n(CCOc3ccc(CN(C(=O)C4CCC4)C4CCCC4)cc3)n2)ccc1O. The van der Waals surface area contributed by atoms with Crippen LogP contribution in [0.15, 0.2) is 66.7 Å². The zero-order valence-corrected chi connectivity index (χ0v) is 25.0. The summed E-state index contributed by atoms with van der Waals surface area (Å²) in [6.45, 7) is 3.64. The molecule has 0 atom stereocenters. The van der Waals surface area contributed by atoms with E-state index in [2.05, 4.69) is 36.1 Å². The van der Waals surface area contributed by atoms with Crippen LogP contribution in [0, 0.1) is 12.8 Å². The molecule has 2 aliphatic carbocycles. The zero-order chi connectivity index (χ0) is 29.8. The largest absolute Gasteiger partial charge is 0.504 e. The van der Waals surface area contributed by atoms with Crippen molar-refractivity contribution in [3.63, 3.8) is 0 Å². The number of hydrogen-bond acceptors (Lipinski definition) is 6. The summed E-state index contributed by atoms with van der Waals surface area (Å²) >= 11 is 0. The minimum absolute atomic E-state index is 0.0695. The summed E-state index contributed by atoms with van der Waals surface area (Å²) < 4.78 is 13.3. The van der Waals surface area contributed by atoms with Crippen molar-refractivity contribution in [2.75, 3.05) is 13.7 Å². The van der Waals surface area contributed by atoms with Gasteiger partial charge in [-0.15, -0.1) is 0 Å². The normalized spacial score (nSPS) is 15.3. The van der Waals surface area contributed by atoms with Gasteiger partial charge < -0.3 is 19.5 Å². The number of aromatic hydroxyl groups is 1. The molecule has 2 saturated carbocycles. The Morgan fingerprint density at radius 1 is 0.953 bits per heavy atom.